The number of rotatable bonds is 6. The molecule has 0 unspecified atom stereocenters. The van der Waals surface area contributed by atoms with E-state index in [0.29, 0.717) is 17.1 Å². The molecule has 0 radical (unpaired) electrons. The Bertz CT molecular complexity index is 636. The van der Waals surface area contributed by atoms with E-state index in [9.17, 15) is 0 Å². The molecular weight excluding hydrogens is 270 g/mol. The van der Waals surface area contributed by atoms with Crippen molar-refractivity contribution in [2.75, 3.05) is 7.11 Å². The Morgan fingerprint density at radius 3 is 2.76 bits per heavy atom. The number of nitrogens with two attached hydrogens (primary N) is 1. The number of hydrogen-bond donors (Lipinski definition) is 2. The third kappa shape index (κ3) is 3.31. The summed E-state index contributed by atoms with van der Waals surface area (Å²) in [6, 6.07) is 5.33. The van der Waals surface area contributed by atoms with Gasteiger partial charge in [0.25, 0.3) is 0 Å². The summed E-state index contributed by atoms with van der Waals surface area (Å²) in [6.45, 7) is 4.34. The number of ether oxygens (including phenoxy) is 2. The minimum atomic E-state index is -0.0144. The summed E-state index contributed by atoms with van der Waals surface area (Å²) >= 11 is 0. The first-order valence-electron chi connectivity index (χ1n) is 6.56. The fourth-order valence-corrected chi connectivity index (χ4v) is 1.91. The van der Waals surface area contributed by atoms with E-state index in [-0.39, 0.29) is 18.5 Å². The zero-order valence-electron chi connectivity index (χ0n) is 12.3. The fourth-order valence-electron chi connectivity index (χ4n) is 1.91. The van der Waals surface area contributed by atoms with Crippen LogP contribution in [0.15, 0.2) is 24.5 Å². The average molecular weight is 289 g/mol. The highest BCUT2D eigenvalue weighted by molar-refractivity contribution is 5.95. The molecule has 0 bridgehead atoms. The standard InChI is InChI=1S/C14H19N5O2/c1-9(2)19-13(17-8-18-19)7-21-11-5-4-10(14(15)16)6-12(11)20-3/h4-6,8-9H,7H2,1-3H3,(H3,15,16). The van der Waals surface area contributed by atoms with Gasteiger partial charge >= 0.3 is 0 Å². The molecule has 0 aliphatic carbocycles. The Labute approximate surface area is 123 Å². The van der Waals surface area contributed by atoms with E-state index in [1.165, 1.54) is 6.33 Å². The number of methoxy groups -OCH3 is 1. The summed E-state index contributed by atoms with van der Waals surface area (Å²) in [7, 11) is 1.54. The summed E-state index contributed by atoms with van der Waals surface area (Å²) in [6.07, 6.45) is 1.51. The van der Waals surface area contributed by atoms with Crippen LogP contribution in [0, 0.1) is 5.41 Å². The van der Waals surface area contributed by atoms with E-state index in [2.05, 4.69) is 10.1 Å². The molecule has 0 amide bonds. The van der Waals surface area contributed by atoms with Crippen molar-refractivity contribution in [3.8, 4) is 11.5 Å². The maximum absolute atomic E-state index is 7.43. The molecule has 0 spiro atoms. The molecule has 0 saturated carbocycles. The maximum Gasteiger partial charge on any atom is 0.165 e. The van der Waals surface area contributed by atoms with Crippen molar-refractivity contribution in [2.45, 2.75) is 26.5 Å². The Kier molecular flexibility index (Phi) is 4.42. The van der Waals surface area contributed by atoms with Crippen molar-refractivity contribution >= 4 is 5.84 Å². The van der Waals surface area contributed by atoms with Crippen LogP contribution in [0.3, 0.4) is 0 Å². The largest absolute Gasteiger partial charge is 0.493 e. The highest BCUT2D eigenvalue weighted by Crippen LogP contribution is 2.28. The van der Waals surface area contributed by atoms with Gasteiger partial charge in [0.05, 0.1) is 7.11 Å². The molecule has 1 heterocycles. The molecule has 1 aromatic heterocycles. The summed E-state index contributed by atoms with van der Waals surface area (Å²) in [5, 5.41) is 11.6. The molecule has 0 atom stereocenters. The van der Waals surface area contributed by atoms with Gasteiger partial charge in [0.1, 0.15) is 18.8 Å². The van der Waals surface area contributed by atoms with E-state index in [1.54, 1.807) is 30.0 Å². The average Bonchev–Trinajstić information content (AvgIpc) is 2.93. The lowest BCUT2D eigenvalue weighted by molar-refractivity contribution is 0.266. The van der Waals surface area contributed by atoms with Crippen molar-refractivity contribution in [2.24, 2.45) is 5.73 Å². The van der Waals surface area contributed by atoms with Gasteiger partial charge in [-0.15, -0.1) is 0 Å². The normalized spacial score (nSPS) is 10.7. The van der Waals surface area contributed by atoms with Crippen LogP contribution in [0.2, 0.25) is 0 Å². The van der Waals surface area contributed by atoms with Crippen LogP contribution in [-0.2, 0) is 6.61 Å². The maximum atomic E-state index is 7.43. The van der Waals surface area contributed by atoms with E-state index in [0.717, 1.165) is 5.82 Å². The third-order valence-electron chi connectivity index (χ3n) is 2.97. The minimum absolute atomic E-state index is 0.0144. The van der Waals surface area contributed by atoms with Gasteiger partial charge < -0.3 is 15.2 Å². The van der Waals surface area contributed by atoms with Crippen LogP contribution in [0.5, 0.6) is 11.5 Å². The Hall–Kier alpha value is -2.57. The van der Waals surface area contributed by atoms with Crippen molar-refractivity contribution in [1.29, 1.82) is 5.41 Å². The van der Waals surface area contributed by atoms with Gasteiger partial charge in [-0.05, 0) is 32.0 Å². The van der Waals surface area contributed by atoms with Crippen LogP contribution in [0.1, 0.15) is 31.3 Å². The molecule has 1 aromatic carbocycles. The first-order valence-corrected chi connectivity index (χ1v) is 6.56. The topological polar surface area (TPSA) is 99.0 Å². The molecule has 2 rings (SSSR count). The van der Waals surface area contributed by atoms with Crippen LogP contribution in [-0.4, -0.2) is 27.7 Å². The van der Waals surface area contributed by atoms with Gasteiger partial charge in [-0.1, -0.05) is 0 Å². The Morgan fingerprint density at radius 1 is 1.38 bits per heavy atom. The monoisotopic (exact) mass is 289 g/mol. The number of nitrogen functional groups attached to an aromatic ring is 1. The van der Waals surface area contributed by atoms with Crippen molar-refractivity contribution < 1.29 is 9.47 Å². The van der Waals surface area contributed by atoms with Gasteiger partial charge in [0.15, 0.2) is 17.3 Å². The minimum Gasteiger partial charge on any atom is -0.493 e. The molecule has 0 fully saturated rings. The molecule has 112 valence electrons. The lowest BCUT2D eigenvalue weighted by Crippen LogP contribution is -2.12. The van der Waals surface area contributed by atoms with Crippen LogP contribution >= 0.6 is 0 Å². The fraction of sp³-hybridized carbons (Fsp3) is 0.357. The lowest BCUT2D eigenvalue weighted by Gasteiger charge is -2.13. The number of aromatic nitrogens is 3. The second-order valence-corrected chi connectivity index (χ2v) is 4.78. The highest BCUT2D eigenvalue weighted by Gasteiger charge is 2.11. The summed E-state index contributed by atoms with van der Waals surface area (Å²) < 4.78 is 12.8. The zero-order valence-corrected chi connectivity index (χ0v) is 12.3. The van der Waals surface area contributed by atoms with E-state index in [4.69, 9.17) is 20.6 Å². The first-order chi connectivity index (χ1) is 10.0. The predicted molar refractivity (Wildman–Crippen MR) is 78.7 cm³/mol. The summed E-state index contributed by atoms with van der Waals surface area (Å²) in [5.74, 6) is 1.82. The second-order valence-electron chi connectivity index (χ2n) is 4.78. The van der Waals surface area contributed by atoms with E-state index < -0.39 is 0 Å². The predicted octanol–water partition coefficient (Wildman–Crippen LogP) is 1.73. The number of nitrogens with zero attached hydrogens (tertiary/aromatic N) is 3. The molecule has 21 heavy (non-hydrogen) atoms. The quantitative estimate of drug-likeness (QED) is 0.623. The van der Waals surface area contributed by atoms with Crippen LogP contribution < -0.4 is 15.2 Å². The van der Waals surface area contributed by atoms with Crippen molar-refractivity contribution in [3.63, 3.8) is 0 Å². The SMILES string of the molecule is COc1cc(C(=N)N)ccc1OCc1ncnn1C(C)C. The highest BCUT2D eigenvalue weighted by atomic mass is 16.5. The number of benzene rings is 1. The van der Waals surface area contributed by atoms with Gasteiger partial charge in [0, 0.05) is 11.6 Å². The molecule has 0 aliphatic heterocycles. The number of hydrogen-bond acceptors (Lipinski definition) is 5. The molecule has 7 heteroatoms. The molecule has 2 aromatic rings. The number of amidine groups is 1. The van der Waals surface area contributed by atoms with Gasteiger partial charge in [-0.3, -0.25) is 5.41 Å². The van der Waals surface area contributed by atoms with Crippen molar-refractivity contribution in [1.82, 2.24) is 14.8 Å². The molecule has 3 N–H and O–H groups in total. The molecule has 0 saturated heterocycles. The van der Waals surface area contributed by atoms with Crippen LogP contribution in [0.4, 0.5) is 0 Å². The van der Waals surface area contributed by atoms with E-state index in [1.807, 2.05) is 13.8 Å². The Morgan fingerprint density at radius 2 is 2.14 bits per heavy atom. The third-order valence-corrected chi connectivity index (χ3v) is 2.97. The van der Waals surface area contributed by atoms with Gasteiger partial charge in [-0.2, -0.15) is 5.10 Å². The van der Waals surface area contributed by atoms with Crippen molar-refractivity contribution in [3.05, 3.63) is 35.9 Å². The molecular formula is C14H19N5O2. The second kappa shape index (κ2) is 6.25. The summed E-state index contributed by atoms with van der Waals surface area (Å²) in [4.78, 5) is 4.19. The summed E-state index contributed by atoms with van der Waals surface area (Å²) in [5.41, 5.74) is 6.04. The lowest BCUT2D eigenvalue weighted by atomic mass is 10.2. The Balaban J connectivity index is 2.16. The zero-order chi connectivity index (χ0) is 15.4. The van der Waals surface area contributed by atoms with Gasteiger partial charge in [-0.25, -0.2) is 9.67 Å². The van der Waals surface area contributed by atoms with E-state index >= 15 is 0 Å². The van der Waals surface area contributed by atoms with Gasteiger partial charge in [0.2, 0.25) is 0 Å². The number of nitrogens with one attached hydrogen (secondary N) is 1. The first kappa shape index (κ1) is 14.8. The molecule has 0 aliphatic rings. The van der Waals surface area contributed by atoms with Crippen LogP contribution in [0.25, 0.3) is 0 Å². The molecule has 7 nitrogen and oxygen atoms in total. The smallest absolute Gasteiger partial charge is 0.165 e.